The Morgan fingerprint density at radius 1 is 1.31 bits per heavy atom. The Bertz CT molecular complexity index is 347. The number of methoxy groups -OCH3 is 1. The molecule has 1 rings (SSSR count). The number of rotatable bonds is 5. The minimum Gasteiger partial charge on any atom is -0.496 e. The summed E-state index contributed by atoms with van der Waals surface area (Å²) in [6, 6.07) is 4.37. The smallest absolute Gasteiger partial charge is 0.125 e. The summed E-state index contributed by atoms with van der Waals surface area (Å²) in [5.74, 6) is 1.68. The molecule has 1 N–H and O–H groups in total. The standard InChI is InChI=1S/C14H23NO/c1-10(9-15-4)8-13-7-6-11(2)12(3)14(13)16-5/h6-7,10,15H,8-9H2,1-5H3. The van der Waals surface area contributed by atoms with Gasteiger partial charge in [0.1, 0.15) is 5.75 Å². The third-order valence-electron chi connectivity index (χ3n) is 3.08. The molecule has 0 heterocycles. The van der Waals surface area contributed by atoms with E-state index >= 15 is 0 Å². The molecule has 0 saturated heterocycles. The lowest BCUT2D eigenvalue weighted by Gasteiger charge is -2.16. The Balaban J connectivity index is 2.91. The molecule has 0 fully saturated rings. The number of hydrogen-bond donors (Lipinski definition) is 1. The van der Waals surface area contributed by atoms with Crippen molar-refractivity contribution in [1.29, 1.82) is 0 Å². The van der Waals surface area contributed by atoms with Gasteiger partial charge >= 0.3 is 0 Å². The average molecular weight is 221 g/mol. The fourth-order valence-corrected chi connectivity index (χ4v) is 2.09. The van der Waals surface area contributed by atoms with Gasteiger partial charge in [-0.15, -0.1) is 0 Å². The van der Waals surface area contributed by atoms with Gasteiger partial charge in [0.2, 0.25) is 0 Å². The number of aryl methyl sites for hydroxylation is 1. The van der Waals surface area contributed by atoms with E-state index in [0.717, 1.165) is 18.7 Å². The first-order chi connectivity index (χ1) is 7.60. The lowest BCUT2D eigenvalue weighted by Crippen LogP contribution is -2.18. The van der Waals surface area contributed by atoms with Gasteiger partial charge in [0.15, 0.2) is 0 Å². The van der Waals surface area contributed by atoms with E-state index in [2.05, 4.69) is 38.2 Å². The molecular formula is C14H23NO. The van der Waals surface area contributed by atoms with Crippen LogP contribution >= 0.6 is 0 Å². The first kappa shape index (κ1) is 13.0. The molecule has 2 nitrogen and oxygen atoms in total. The highest BCUT2D eigenvalue weighted by molar-refractivity contribution is 5.45. The molecule has 1 aromatic rings. The molecule has 1 unspecified atom stereocenters. The predicted molar refractivity (Wildman–Crippen MR) is 69.3 cm³/mol. The van der Waals surface area contributed by atoms with Crippen LogP contribution in [0.4, 0.5) is 0 Å². The second-order valence-electron chi connectivity index (χ2n) is 4.57. The SMILES string of the molecule is CNCC(C)Cc1ccc(C)c(C)c1OC. The van der Waals surface area contributed by atoms with Gasteiger partial charge in [0.05, 0.1) is 7.11 Å². The summed E-state index contributed by atoms with van der Waals surface area (Å²) < 4.78 is 5.52. The molecule has 0 aliphatic heterocycles. The van der Waals surface area contributed by atoms with Crippen molar-refractivity contribution in [2.24, 2.45) is 5.92 Å². The first-order valence-corrected chi connectivity index (χ1v) is 5.87. The molecule has 1 atom stereocenters. The third-order valence-corrected chi connectivity index (χ3v) is 3.08. The zero-order valence-electron chi connectivity index (χ0n) is 11.1. The second kappa shape index (κ2) is 5.90. The van der Waals surface area contributed by atoms with Crippen molar-refractivity contribution in [3.8, 4) is 5.75 Å². The van der Waals surface area contributed by atoms with Crippen LogP contribution in [0.15, 0.2) is 12.1 Å². The number of ether oxygens (including phenoxy) is 1. The molecule has 0 amide bonds. The highest BCUT2D eigenvalue weighted by Crippen LogP contribution is 2.27. The van der Waals surface area contributed by atoms with Gasteiger partial charge < -0.3 is 10.1 Å². The zero-order chi connectivity index (χ0) is 12.1. The van der Waals surface area contributed by atoms with Gasteiger partial charge in [0.25, 0.3) is 0 Å². The van der Waals surface area contributed by atoms with Gasteiger partial charge in [-0.25, -0.2) is 0 Å². The van der Waals surface area contributed by atoms with Crippen molar-refractivity contribution >= 4 is 0 Å². The monoisotopic (exact) mass is 221 g/mol. The Kier molecular flexibility index (Phi) is 4.81. The number of hydrogen-bond acceptors (Lipinski definition) is 2. The van der Waals surface area contributed by atoms with Crippen molar-refractivity contribution < 1.29 is 4.74 Å². The summed E-state index contributed by atoms with van der Waals surface area (Å²) >= 11 is 0. The largest absolute Gasteiger partial charge is 0.496 e. The maximum atomic E-state index is 5.52. The minimum atomic E-state index is 0.626. The fraction of sp³-hybridized carbons (Fsp3) is 0.571. The summed E-state index contributed by atoms with van der Waals surface area (Å²) in [5.41, 5.74) is 3.87. The van der Waals surface area contributed by atoms with Crippen molar-refractivity contribution in [3.05, 3.63) is 28.8 Å². The van der Waals surface area contributed by atoms with Crippen LogP contribution in [0.2, 0.25) is 0 Å². The van der Waals surface area contributed by atoms with E-state index in [1.165, 1.54) is 16.7 Å². The highest BCUT2D eigenvalue weighted by atomic mass is 16.5. The van der Waals surface area contributed by atoms with Crippen LogP contribution in [0.1, 0.15) is 23.6 Å². The van der Waals surface area contributed by atoms with E-state index in [4.69, 9.17) is 4.74 Å². The Hall–Kier alpha value is -1.02. The van der Waals surface area contributed by atoms with Crippen LogP contribution in [-0.2, 0) is 6.42 Å². The van der Waals surface area contributed by atoms with Crippen LogP contribution in [0, 0.1) is 19.8 Å². The summed E-state index contributed by atoms with van der Waals surface area (Å²) in [6.45, 7) is 7.54. The summed E-state index contributed by atoms with van der Waals surface area (Å²) in [4.78, 5) is 0. The second-order valence-corrected chi connectivity index (χ2v) is 4.57. The Labute approximate surface area is 99.0 Å². The van der Waals surface area contributed by atoms with E-state index < -0.39 is 0 Å². The van der Waals surface area contributed by atoms with Crippen molar-refractivity contribution in [1.82, 2.24) is 5.32 Å². The van der Waals surface area contributed by atoms with E-state index in [9.17, 15) is 0 Å². The number of benzene rings is 1. The maximum Gasteiger partial charge on any atom is 0.125 e. The van der Waals surface area contributed by atoms with Gasteiger partial charge in [-0.3, -0.25) is 0 Å². The summed E-state index contributed by atoms with van der Waals surface area (Å²) in [5, 5.41) is 3.21. The molecule has 1 aromatic carbocycles. The summed E-state index contributed by atoms with van der Waals surface area (Å²) in [7, 11) is 3.75. The van der Waals surface area contributed by atoms with E-state index in [0.29, 0.717) is 5.92 Å². The minimum absolute atomic E-state index is 0.626. The Morgan fingerprint density at radius 3 is 2.56 bits per heavy atom. The van der Waals surface area contributed by atoms with Crippen molar-refractivity contribution in [2.45, 2.75) is 27.2 Å². The lowest BCUT2D eigenvalue weighted by molar-refractivity contribution is 0.401. The normalized spacial score (nSPS) is 12.6. The fourth-order valence-electron chi connectivity index (χ4n) is 2.09. The molecule has 0 bridgehead atoms. The number of nitrogens with one attached hydrogen (secondary N) is 1. The molecule has 0 aliphatic carbocycles. The van der Waals surface area contributed by atoms with Crippen LogP contribution in [0.3, 0.4) is 0 Å². The highest BCUT2D eigenvalue weighted by Gasteiger charge is 2.11. The molecule has 0 aromatic heterocycles. The Morgan fingerprint density at radius 2 is 2.00 bits per heavy atom. The molecule has 16 heavy (non-hydrogen) atoms. The lowest BCUT2D eigenvalue weighted by atomic mass is 9.96. The van der Waals surface area contributed by atoms with Crippen LogP contribution in [-0.4, -0.2) is 20.7 Å². The quantitative estimate of drug-likeness (QED) is 0.825. The summed E-state index contributed by atoms with van der Waals surface area (Å²) in [6.07, 6.45) is 1.06. The molecule has 90 valence electrons. The van der Waals surface area contributed by atoms with Gasteiger partial charge in [-0.05, 0) is 56.5 Å². The van der Waals surface area contributed by atoms with Crippen LogP contribution < -0.4 is 10.1 Å². The maximum absolute atomic E-state index is 5.52. The van der Waals surface area contributed by atoms with Gasteiger partial charge in [0, 0.05) is 0 Å². The molecule has 2 heteroatoms. The molecule has 0 aliphatic rings. The van der Waals surface area contributed by atoms with Crippen LogP contribution in [0.5, 0.6) is 5.75 Å². The third kappa shape index (κ3) is 2.99. The molecule has 0 saturated carbocycles. The van der Waals surface area contributed by atoms with E-state index in [1.807, 2.05) is 7.05 Å². The van der Waals surface area contributed by atoms with Gasteiger partial charge in [-0.1, -0.05) is 19.1 Å². The van der Waals surface area contributed by atoms with Crippen molar-refractivity contribution in [2.75, 3.05) is 20.7 Å². The van der Waals surface area contributed by atoms with E-state index in [-0.39, 0.29) is 0 Å². The molecular weight excluding hydrogens is 198 g/mol. The van der Waals surface area contributed by atoms with Crippen LogP contribution in [0.25, 0.3) is 0 Å². The van der Waals surface area contributed by atoms with Gasteiger partial charge in [-0.2, -0.15) is 0 Å². The predicted octanol–water partition coefficient (Wildman–Crippen LogP) is 2.71. The topological polar surface area (TPSA) is 21.3 Å². The average Bonchev–Trinajstić information content (AvgIpc) is 2.24. The molecule has 0 radical (unpaired) electrons. The zero-order valence-corrected chi connectivity index (χ0v) is 11.1. The molecule has 0 spiro atoms. The van der Waals surface area contributed by atoms with Crippen molar-refractivity contribution in [3.63, 3.8) is 0 Å². The first-order valence-electron chi connectivity index (χ1n) is 5.87. The van der Waals surface area contributed by atoms with E-state index in [1.54, 1.807) is 7.11 Å².